The summed E-state index contributed by atoms with van der Waals surface area (Å²) < 4.78 is 5.24. The third-order valence-corrected chi connectivity index (χ3v) is 7.86. The Bertz CT molecular complexity index is 1010. The molecule has 2 saturated heterocycles. The first kappa shape index (κ1) is 28.3. The Morgan fingerprint density at radius 2 is 1.69 bits per heavy atom. The number of hydrogen-bond acceptors (Lipinski definition) is 4. The van der Waals surface area contributed by atoms with E-state index in [9.17, 15) is 9.59 Å². The fraction of sp³-hybridized carbons (Fsp3) is 0.500. The van der Waals surface area contributed by atoms with E-state index in [-0.39, 0.29) is 29.8 Å². The number of carbonyl (C=O) groups excluding carboxylic acids is 2. The fourth-order valence-electron chi connectivity index (χ4n) is 5.29. The molecule has 1 N–H and O–H groups in total. The van der Waals surface area contributed by atoms with Gasteiger partial charge in [0.05, 0.1) is 18.6 Å². The lowest BCUT2D eigenvalue weighted by Crippen LogP contribution is -2.45. The molecule has 8 heteroatoms. The summed E-state index contributed by atoms with van der Waals surface area (Å²) in [6.07, 6.45) is 4.04. The van der Waals surface area contributed by atoms with Crippen molar-refractivity contribution in [1.29, 1.82) is 0 Å². The molecule has 0 radical (unpaired) electrons. The Hall–Kier alpha value is -2.28. The second kappa shape index (κ2) is 12.8. The Labute approximate surface area is 225 Å². The van der Waals surface area contributed by atoms with Crippen molar-refractivity contribution in [2.75, 3.05) is 33.3 Å². The molecule has 1 spiro atoms. The Morgan fingerprint density at radius 1 is 1.06 bits per heavy atom. The van der Waals surface area contributed by atoms with Gasteiger partial charge in [-0.25, -0.2) is 0 Å². The highest BCUT2D eigenvalue weighted by molar-refractivity contribution is 6.30. The zero-order valence-corrected chi connectivity index (χ0v) is 22.7. The van der Waals surface area contributed by atoms with Crippen molar-refractivity contribution >= 4 is 35.8 Å². The fourth-order valence-corrected chi connectivity index (χ4v) is 5.41. The van der Waals surface area contributed by atoms with Gasteiger partial charge in [0.2, 0.25) is 11.8 Å². The van der Waals surface area contributed by atoms with Crippen LogP contribution in [0.25, 0.3) is 0 Å². The van der Waals surface area contributed by atoms with Crippen LogP contribution >= 0.6 is 24.0 Å². The summed E-state index contributed by atoms with van der Waals surface area (Å²) in [6.45, 7) is 6.07. The van der Waals surface area contributed by atoms with E-state index in [2.05, 4.69) is 10.2 Å². The minimum absolute atomic E-state index is 0. The summed E-state index contributed by atoms with van der Waals surface area (Å²) in [5.74, 6) is 1.19. The van der Waals surface area contributed by atoms with Gasteiger partial charge in [-0.15, -0.1) is 12.4 Å². The van der Waals surface area contributed by atoms with Crippen LogP contribution in [0.5, 0.6) is 5.75 Å². The van der Waals surface area contributed by atoms with Crippen LogP contribution in [0.1, 0.15) is 56.2 Å². The highest BCUT2D eigenvalue weighted by atomic mass is 35.5. The summed E-state index contributed by atoms with van der Waals surface area (Å²) in [7, 11) is 1.66. The van der Waals surface area contributed by atoms with Crippen molar-refractivity contribution < 1.29 is 14.3 Å². The van der Waals surface area contributed by atoms with Crippen molar-refractivity contribution in [2.45, 2.75) is 51.6 Å². The first-order valence-corrected chi connectivity index (χ1v) is 13.0. The van der Waals surface area contributed by atoms with E-state index >= 15 is 0 Å². The topological polar surface area (TPSA) is 61.9 Å². The molecule has 36 heavy (non-hydrogen) atoms. The number of piperidine rings is 1. The summed E-state index contributed by atoms with van der Waals surface area (Å²) >= 11 is 6.06. The minimum atomic E-state index is -0.213. The molecule has 196 valence electrons. The molecule has 1 atom stereocenters. The van der Waals surface area contributed by atoms with Gasteiger partial charge in [-0.05, 0) is 74.2 Å². The van der Waals surface area contributed by atoms with Gasteiger partial charge >= 0.3 is 0 Å². The summed E-state index contributed by atoms with van der Waals surface area (Å²) in [5, 5.41) is 3.85. The second-order valence-corrected chi connectivity index (χ2v) is 10.2. The quantitative estimate of drug-likeness (QED) is 0.478. The van der Waals surface area contributed by atoms with Crippen molar-refractivity contribution in [3.05, 3.63) is 64.7 Å². The molecule has 6 nitrogen and oxygen atoms in total. The Kier molecular flexibility index (Phi) is 10.1. The number of likely N-dealkylation sites (tertiary alicyclic amines) is 2. The number of amides is 2. The van der Waals surface area contributed by atoms with E-state index in [1.807, 2.05) is 60.4 Å². The van der Waals surface area contributed by atoms with Gasteiger partial charge < -0.3 is 19.9 Å². The van der Waals surface area contributed by atoms with E-state index in [1.165, 1.54) is 0 Å². The molecule has 0 aromatic heterocycles. The molecule has 0 bridgehead atoms. The first-order valence-electron chi connectivity index (χ1n) is 12.6. The minimum Gasteiger partial charge on any atom is -0.497 e. The SMILES string of the molecule is CCC(=O)NC(CCN1CCC2(CC1)CCN(Cc1ccc(OC)cc1)C2=O)c1ccc(Cl)cc1.Cl. The number of nitrogens with zero attached hydrogens (tertiary/aromatic N) is 2. The predicted molar refractivity (Wildman–Crippen MR) is 146 cm³/mol. The lowest BCUT2D eigenvalue weighted by molar-refractivity contribution is -0.139. The number of nitrogens with one attached hydrogen (secondary N) is 1. The highest BCUT2D eigenvalue weighted by Crippen LogP contribution is 2.42. The maximum absolute atomic E-state index is 13.4. The summed E-state index contributed by atoms with van der Waals surface area (Å²) in [4.78, 5) is 29.9. The monoisotopic (exact) mass is 533 g/mol. The van der Waals surface area contributed by atoms with Crippen molar-refractivity contribution in [2.24, 2.45) is 5.41 Å². The lowest BCUT2D eigenvalue weighted by Gasteiger charge is -2.38. The molecule has 2 aromatic carbocycles. The number of carbonyl (C=O) groups is 2. The van der Waals surface area contributed by atoms with Gasteiger partial charge in [0.1, 0.15) is 5.75 Å². The highest BCUT2D eigenvalue weighted by Gasteiger charge is 2.47. The van der Waals surface area contributed by atoms with Crippen LogP contribution in [-0.2, 0) is 16.1 Å². The Balaban J connectivity index is 0.00000361. The zero-order valence-electron chi connectivity index (χ0n) is 21.2. The molecule has 4 rings (SSSR count). The number of rotatable bonds is 9. The third kappa shape index (κ3) is 6.72. The average molecular weight is 535 g/mol. The van der Waals surface area contributed by atoms with E-state index in [0.29, 0.717) is 23.9 Å². The van der Waals surface area contributed by atoms with Gasteiger partial charge in [0.25, 0.3) is 0 Å². The van der Waals surface area contributed by atoms with Crippen molar-refractivity contribution in [3.63, 3.8) is 0 Å². The molecule has 2 heterocycles. The van der Waals surface area contributed by atoms with Gasteiger partial charge in [0.15, 0.2) is 0 Å². The zero-order chi connectivity index (χ0) is 24.8. The van der Waals surface area contributed by atoms with E-state index < -0.39 is 0 Å². The molecule has 1 unspecified atom stereocenters. The molecule has 0 saturated carbocycles. The van der Waals surface area contributed by atoms with E-state index in [0.717, 1.165) is 68.7 Å². The molecule has 0 aliphatic carbocycles. The maximum Gasteiger partial charge on any atom is 0.229 e. The van der Waals surface area contributed by atoms with Crippen LogP contribution in [0.4, 0.5) is 0 Å². The normalized spacial score (nSPS) is 18.1. The summed E-state index contributed by atoms with van der Waals surface area (Å²) in [6, 6.07) is 15.7. The first-order chi connectivity index (χ1) is 16.9. The molecule has 2 amide bonds. The third-order valence-electron chi connectivity index (χ3n) is 7.61. The number of hydrogen-bond donors (Lipinski definition) is 1. The van der Waals surface area contributed by atoms with Crippen LogP contribution in [0, 0.1) is 5.41 Å². The van der Waals surface area contributed by atoms with Crippen molar-refractivity contribution in [3.8, 4) is 5.75 Å². The van der Waals surface area contributed by atoms with Crippen LogP contribution in [0.15, 0.2) is 48.5 Å². The van der Waals surface area contributed by atoms with Gasteiger partial charge in [0, 0.05) is 31.1 Å². The van der Waals surface area contributed by atoms with Crippen LogP contribution < -0.4 is 10.1 Å². The number of halogens is 2. The lowest BCUT2D eigenvalue weighted by atomic mass is 9.77. The smallest absolute Gasteiger partial charge is 0.229 e. The molecule has 2 aliphatic heterocycles. The van der Waals surface area contributed by atoms with E-state index in [4.69, 9.17) is 16.3 Å². The number of benzene rings is 2. The van der Waals surface area contributed by atoms with Crippen LogP contribution in [-0.4, -0.2) is 54.9 Å². The summed E-state index contributed by atoms with van der Waals surface area (Å²) in [5.41, 5.74) is 2.00. The van der Waals surface area contributed by atoms with Gasteiger partial charge in [-0.3, -0.25) is 9.59 Å². The van der Waals surface area contributed by atoms with Crippen LogP contribution in [0.3, 0.4) is 0 Å². The molecule has 2 fully saturated rings. The standard InChI is InChI=1S/C28H36ClN3O3.ClH/c1-3-26(33)30-25(22-6-8-23(29)9-7-22)12-16-31-17-13-28(14-18-31)15-19-32(27(28)34)20-21-4-10-24(35-2)11-5-21;/h4-11,25H,3,12-20H2,1-2H3,(H,30,33);1H. The Morgan fingerprint density at radius 3 is 2.31 bits per heavy atom. The van der Waals surface area contributed by atoms with Gasteiger partial charge in [-0.2, -0.15) is 0 Å². The largest absolute Gasteiger partial charge is 0.497 e. The maximum atomic E-state index is 13.4. The number of methoxy groups -OCH3 is 1. The molecular formula is C28H37Cl2N3O3. The van der Waals surface area contributed by atoms with Crippen LogP contribution in [0.2, 0.25) is 5.02 Å². The van der Waals surface area contributed by atoms with Gasteiger partial charge in [-0.1, -0.05) is 42.8 Å². The molecular weight excluding hydrogens is 497 g/mol. The second-order valence-electron chi connectivity index (χ2n) is 9.76. The average Bonchev–Trinajstić information content (AvgIpc) is 3.18. The molecule has 2 aliphatic rings. The van der Waals surface area contributed by atoms with Crippen molar-refractivity contribution in [1.82, 2.24) is 15.1 Å². The van der Waals surface area contributed by atoms with E-state index in [1.54, 1.807) is 7.11 Å². The molecule has 2 aromatic rings. The predicted octanol–water partition coefficient (Wildman–Crippen LogP) is 5.24. The number of ether oxygens (including phenoxy) is 1.